The highest BCUT2D eigenvalue weighted by molar-refractivity contribution is 14.1. The molecule has 0 bridgehead atoms. The number of nitrogens with one attached hydrogen (secondary N) is 1. The molecular weight excluding hydrogens is 365 g/mol. The molecule has 0 unspecified atom stereocenters. The molecule has 0 saturated heterocycles. The summed E-state index contributed by atoms with van der Waals surface area (Å²) in [6.07, 6.45) is 4.04. The van der Waals surface area contributed by atoms with Gasteiger partial charge in [0, 0.05) is 34.1 Å². The summed E-state index contributed by atoms with van der Waals surface area (Å²) in [6, 6.07) is 11.7. The smallest absolute Gasteiger partial charge is 0.221 e. The number of anilines is 1. The highest BCUT2D eigenvalue weighted by Gasteiger charge is 2.05. The van der Waals surface area contributed by atoms with Crippen molar-refractivity contribution < 1.29 is 4.79 Å². The van der Waals surface area contributed by atoms with Gasteiger partial charge in [0.25, 0.3) is 0 Å². The molecule has 0 aliphatic carbocycles. The van der Waals surface area contributed by atoms with Crippen molar-refractivity contribution in [3.8, 4) is 11.3 Å². The Balaban J connectivity index is 1.96. The summed E-state index contributed by atoms with van der Waals surface area (Å²) < 4.78 is 3.18. The Morgan fingerprint density at radius 3 is 2.60 bits per heavy atom. The highest BCUT2D eigenvalue weighted by atomic mass is 127. The molecule has 0 aliphatic rings. The van der Waals surface area contributed by atoms with Crippen LogP contribution in [0.4, 0.5) is 5.69 Å². The molecule has 1 N–H and O–H groups in total. The fourth-order valence-corrected chi connectivity index (χ4v) is 2.51. The lowest BCUT2D eigenvalue weighted by Gasteiger charge is -2.02. The Morgan fingerprint density at radius 2 is 1.90 bits per heavy atom. The van der Waals surface area contributed by atoms with Crippen LogP contribution >= 0.6 is 22.6 Å². The number of aromatic nitrogens is 2. The fourth-order valence-electron chi connectivity index (χ4n) is 2.03. The van der Waals surface area contributed by atoms with Crippen molar-refractivity contribution in [3.05, 3.63) is 52.4 Å². The minimum absolute atomic E-state index is 0.0694. The molecule has 0 atom stereocenters. The molecule has 1 aromatic carbocycles. The topological polar surface area (TPSA) is 46.4 Å². The van der Waals surface area contributed by atoms with Crippen LogP contribution in [-0.2, 0) is 4.79 Å². The molecule has 3 aromatic rings. The molecule has 0 radical (unpaired) electrons. The number of hydrogen-bond acceptors (Lipinski definition) is 2. The van der Waals surface area contributed by atoms with E-state index in [1.165, 1.54) is 10.5 Å². The van der Waals surface area contributed by atoms with Crippen LogP contribution in [0.5, 0.6) is 0 Å². The van der Waals surface area contributed by atoms with Crippen LogP contribution in [0.15, 0.2) is 48.8 Å². The van der Waals surface area contributed by atoms with Crippen molar-refractivity contribution in [1.29, 1.82) is 0 Å². The number of imidazole rings is 1. The maximum atomic E-state index is 11.0. The van der Waals surface area contributed by atoms with Gasteiger partial charge in [-0.25, -0.2) is 4.98 Å². The second-order valence-electron chi connectivity index (χ2n) is 4.50. The minimum atomic E-state index is -0.0694. The van der Waals surface area contributed by atoms with Crippen LogP contribution in [-0.4, -0.2) is 15.3 Å². The van der Waals surface area contributed by atoms with Gasteiger partial charge in [0.15, 0.2) is 0 Å². The zero-order valence-electron chi connectivity index (χ0n) is 10.8. The number of amides is 1. The Morgan fingerprint density at radius 1 is 1.15 bits per heavy atom. The molecule has 2 aromatic heterocycles. The molecule has 0 aliphatic heterocycles. The van der Waals surface area contributed by atoms with Gasteiger partial charge in [-0.1, -0.05) is 12.1 Å². The van der Waals surface area contributed by atoms with Crippen molar-refractivity contribution in [2.24, 2.45) is 0 Å². The number of hydrogen-bond donors (Lipinski definition) is 1. The van der Waals surface area contributed by atoms with E-state index in [4.69, 9.17) is 0 Å². The number of pyridine rings is 1. The lowest BCUT2D eigenvalue weighted by molar-refractivity contribution is -0.114. The molecule has 0 spiro atoms. The van der Waals surface area contributed by atoms with Crippen molar-refractivity contribution in [1.82, 2.24) is 9.38 Å². The predicted molar refractivity (Wildman–Crippen MR) is 87.6 cm³/mol. The van der Waals surface area contributed by atoms with E-state index in [-0.39, 0.29) is 5.91 Å². The Labute approximate surface area is 130 Å². The first-order valence-electron chi connectivity index (χ1n) is 6.14. The summed E-state index contributed by atoms with van der Waals surface area (Å²) in [5.74, 6) is -0.0694. The summed E-state index contributed by atoms with van der Waals surface area (Å²) in [6.45, 7) is 1.50. The number of carbonyl (C=O) groups is 1. The summed E-state index contributed by atoms with van der Waals surface area (Å²) in [5.41, 5.74) is 3.66. The van der Waals surface area contributed by atoms with Crippen LogP contribution in [0.25, 0.3) is 16.9 Å². The molecule has 3 rings (SSSR count). The van der Waals surface area contributed by atoms with E-state index >= 15 is 0 Å². The van der Waals surface area contributed by atoms with E-state index in [1.807, 2.05) is 53.2 Å². The van der Waals surface area contributed by atoms with E-state index in [0.717, 1.165) is 22.6 Å². The SMILES string of the molecule is CC(=O)Nc1ccc(-c2cn3cc(I)ccc3n2)cc1. The average Bonchev–Trinajstić information content (AvgIpc) is 2.81. The second-order valence-corrected chi connectivity index (χ2v) is 5.74. The highest BCUT2D eigenvalue weighted by Crippen LogP contribution is 2.21. The van der Waals surface area contributed by atoms with Crippen LogP contribution in [0, 0.1) is 3.57 Å². The van der Waals surface area contributed by atoms with Crippen LogP contribution < -0.4 is 5.32 Å². The van der Waals surface area contributed by atoms with Gasteiger partial charge in [0.2, 0.25) is 5.91 Å². The molecule has 0 saturated carbocycles. The van der Waals surface area contributed by atoms with Gasteiger partial charge in [0.05, 0.1) is 5.69 Å². The van der Waals surface area contributed by atoms with Crippen molar-refractivity contribution in [2.75, 3.05) is 5.32 Å². The van der Waals surface area contributed by atoms with Crippen molar-refractivity contribution in [3.63, 3.8) is 0 Å². The third-order valence-corrected chi connectivity index (χ3v) is 3.55. The number of fused-ring (bicyclic) bond motifs is 1. The maximum Gasteiger partial charge on any atom is 0.221 e. The maximum absolute atomic E-state index is 11.0. The molecule has 100 valence electrons. The molecule has 20 heavy (non-hydrogen) atoms. The van der Waals surface area contributed by atoms with Crippen molar-refractivity contribution >= 4 is 39.8 Å². The van der Waals surface area contributed by atoms with Crippen LogP contribution in [0.3, 0.4) is 0 Å². The zero-order valence-corrected chi connectivity index (χ0v) is 13.0. The number of rotatable bonds is 2. The Bertz CT molecular complexity index is 777. The first-order valence-corrected chi connectivity index (χ1v) is 7.22. The monoisotopic (exact) mass is 377 g/mol. The van der Waals surface area contributed by atoms with Gasteiger partial charge in [-0.15, -0.1) is 0 Å². The third-order valence-electron chi connectivity index (χ3n) is 2.92. The van der Waals surface area contributed by atoms with Gasteiger partial charge in [-0.05, 0) is 46.9 Å². The Kier molecular flexibility index (Phi) is 3.43. The summed E-state index contributed by atoms with van der Waals surface area (Å²) in [4.78, 5) is 15.6. The second kappa shape index (κ2) is 5.24. The number of benzene rings is 1. The summed E-state index contributed by atoms with van der Waals surface area (Å²) in [7, 11) is 0. The predicted octanol–water partition coefficient (Wildman–Crippen LogP) is 3.56. The normalized spacial score (nSPS) is 10.7. The zero-order chi connectivity index (χ0) is 14.1. The van der Waals surface area contributed by atoms with Crippen LogP contribution in [0.2, 0.25) is 0 Å². The first-order chi connectivity index (χ1) is 9.61. The Hall–Kier alpha value is -1.89. The molecule has 0 fully saturated rings. The van der Waals surface area contributed by atoms with Gasteiger partial charge in [-0.2, -0.15) is 0 Å². The average molecular weight is 377 g/mol. The molecule has 5 heteroatoms. The lowest BCUT2D eigenvalue weighted by atomic mass is 10.1. The number of halogens is 1. The largest absolute Gasteiger partial charge is 0.326 e. The van der Waals surface area contributed by atoms with Gasteiger partial charge in [0.1, 0.15) is 5.65 Å². The van der Waals surface area contributed by atoms with Crippen LogP contribution in [0.1, 0.15) is 6.92 Å². The van der Waals surface area contributed by atoms with E-state index in [1.54, 1.807) is 0 Å². The first kappa shape index (κ1) is 13.1. The quantitative estimate of drug-likeness (QED) is 0.695. The summed E-state index contributed by atoms with van der Waals surface area (Å²) >= 11 is 2.28. The molecular formula is C15H12IN3O. The van der Waals surface area contributed by atoms with E-state index in [2.05, 4.69) is 32.9 Å². The molecule has 2 heterocycles. The molecule has 1 amide bonds. The van der Waals surface area contributed by atoms with Crippen molar-refractivity contribution in [2.45, 2.75) is 6.92 Å². The van der Waals surface area contributed by atoms with E-state index in [0.29, 0.717) is 0 Å². The van der Waals surface area contributed by atoms with E-state index < -0.39 is 0 Å². The molecule has 4 nitrogen and oxygen atoms in total. The van der Waals surface area contributed by atoms with Gasteiger partial charge in [-0.3, -0.25) is 4.79 Å². The number of nitrogens with zero attached hydrogens (tertiary/aromatic N) is 2. The number of carbonyl (C=O) groups excluding carboxylic acids is 1. The third kappa shape index (κ3) is 2.67. The summed E-state index contributed by atoms with van der Waals surface area (Å²) in [5, 5.41) is 2.75. The van der Waals surface area contributed by atoms with E-state index in [9.17, 15) is 4.79 Å². The van der Waals surface area contributed by atoms with Gasteiger partial charge < -0.3 is 9.72 Å². The van der Waals surface area contributed by atoms with Gasteiger partial charge >= 0.3 is 0 Å². The lowest BCUT2D eigenvalue weighted by Crippen LogP contribution is -2.05. The standard InChI is InChI=1S/C15H12IN3O/c1-10(20)17-13-5-2-11(3-6-13)14-9-19-8-12(16)4-7-15(19)18-14/h2-9H,1H3,(H,17,20). The minimum Gasteiger partial charge on any atom is -0.326 e. The fraction of sp³-hybridized carbons (Fsp3) is 0.0667.